The van der Waals surface area contributed by atoms with Gasteiger partial charge >= 0.3 is 0 Å². The molecule has 0 bridgehead atoms. The number of benzene rings is 1. The highest BCUT2D eigenvalue weighted by Crippen LogP contribution is 2.16. The number of hydrogen-bond acceptors (Lipinski definition) is 6. The van der Waals surface area contributed by atoms with E-state index in [9.17, 15) is 9.59 Å². The number of aromatic nitrogens is 4. The Labute approximate surface area is 162 Å². The number of aryl methyl sites for hydroxylation is 1. The lowest BCUT2D eigenvalue weighted by atomic mass is 10.1. The zero-order valence-electron chi connectivity index (χ0n) is 15.5. The van der Waals surface area contributed by atoms with Gasteiger partial charge in [0.1, 0.15) is 0 Å². The Morgan fingerprint density at radius 2 is 1.71 bits per heavy atom. The SMILES string of the molecule is O=C(CCCc1n[nH]c(=O)c2ccccc12)N1CCN(c2ncccn2)CC1. The van der Waals surface area contributed by atoms with Crippen LogP contribution in [0.2, 0.25) is 0 Å². The van der Waals surface area contributed by atoms with Crippen molar-refractivity contribution in [1.82, 2.24) is 25.1 Å². The monoisotopic (exact) mass is 378 g/mol. The molecule has 1 fully saturated rings. The molecule has 3 heterocycles. The molecule has 4 rings (SSSR count). The molecule has 1 saturated heterocycles. The molecule has 8 heteroatoms. The van der Waals surface area contributed by atoms with Crippen LogP contribution < -0.4 is 10.5 Å². The summed E-state index contributed by atoms with van der Waals surface area (Å²) in [6, 6.07) is 9.22. The standard InChI is InChI=1S/C20H22N6O2/c27-18(25-11-13-26(14-12-25)20-21-9-4-10-22-20)8-3-7-17-15-5-1-2-6-16(15)19(28)24-23-17/h1-2,4-6,9-10H,3,7-8,11-14H2,(H,24,28). The van der Waals surface area contributed by atoms with Crippen LogP contribution in [0.5, 0.6) is 0 Å². The molecule has 3 aromatic rings. The summed E-state index contributed by atoms with van der Waals surface area (Å²) >= 11 is 0. The van der Waals surface area contributed by atoms with E-state index in [1.807, 2.05) is 23.1 Å². The van der Waals surface area contributed by atoms with Crippen LogP contribution in [0.1, 0.15) is 18.5 Å². The molecule has 8 nitrogen and oxygen atoms in total. The van der Waals surface area contributed by atoms with Gasteiger partial charge in [-0.1, -0.05) is 18.2 Å². The topological polar surface area (TPSA) is 95.1 Å². The van der Waals surface area contributed by atoms with Gasteiger partial charge < -0.3 is 9.80 Å². The summed E-state index contributed by atoms with van der Waals surface area (Å²) < 4.78 is 0. The quantitative estimate of drug-likeness (QED) is 0.721. The number of aromatic amines is 1. The zero-order chi connectivity index (χ0) is 19.3. The van der Waals surface area contributed by atoms with Gasteiger partial charge in [-0.25, -0.2) is 15.1 Å². The van der Waals surface area contributed by atoms with E-state index in [2.05, 4.69) is 25.1 Å². The average molecular weight is 378 g/mol. The van der Waals surface area contributed by atoms with Crippen molar-refractivity contribution >= 4 is 22.6 Å². The van der Waals surface area contributed by atoms with Gasteiger partial charge in [-0.05, 0) is 25.0 Å². The molecule has 1 aliphatic rings. The van der Waals surface area contributed by atoms with E-state index in [0.29, 0.717) is 43.7 Å². The first-order valence-electron chi connectivity index (χ1n) is 9.48. The second kappa shape index (κ2) is 8.16. The van der Waals surface area contributed by atoms with Crippen LogP contribution in [0.15, 0.2) is 47.5 Å². The maximum absolute atomic E-state index is 12.5. The molecule has 28 heavy (non-hydrogen) atoms. The van der Waals surface area contributed by atoms with Gasteiger partial charge in [-0.2, -0.15) is 5.10 Å². The normalized spacial score (nSPS) is 14.4. The molecule has 0 unspecified atom stereocenters. The minimum Gasteiger partial charge on any atom is -0.339 e. The number of nitrogens with zero attached hydrogens (tertiary/aromatic N) is 5. The number of carbonyl (C=O) groups excluding carboxylic acids is 1. The smallest absolute Gasteiger partial charge is 0.272 e. The number of carbonyl (C=O) groups is 1. The van der Waals surface area contributed by atoms with Crippen LogP contribution in [0, 0.1) is 0 Å². The van der Waals surface area contributed by atoms with E-state index >= 15 is 0 Å². The Kier molecular flexibility index (Phi) is 5.27. The van der Waals surface area contributed by atoms with Gasteiger partial charge in [0.25, 0.3) is 5.56 Å². The fourth-order valence-corrected chi connectivity index (χ4v) is 3.54. The van der Waals surface area contributed by atoms with Gasteiger partial charge in [0, 0.05) is 50.4 Å². The molecule has 144 valence electrons. The third kappa shape index (κ3) is 3.85. The molecule has 0 radical (unpaired) electrons. The van der Waals surface area contributed by atoms with E-state index in [0.717, 1.165) is 24.2 Å². The molecule has 0 saturated carbocycles. The summed E-state index contributed by atoms with van der Waals surface area (Å²) in [6.07, 6.45) is 5.28. The van der Waals surface area contributed by atoms with E-state index in [1.54, 1.807) is 24.5 Å². The van der Waals surface area contributed by atoms with Crippen LogP contribution >= 0.6 is 0 Å². The largest absolute Gasteiger partial charge is 0.339 e. The number of anilines is 1. The Morgan fingerprint density at radius 1 is 1.00 bits per heavy atom. The van der Waals surface area contributed by atoms with Gasteiger partial charge in [0.2, 0.25) is 11.9 Å². The first-order valence-corrected chi connectivity index (χ1v) is 9.48. The van der Waals surface area contributed by atoms with Crippen LogP contribution in [-0.2, 0) is 11.2 Å². The molecule has 0 spiro atoms. The Balaban J connectivity index is 1.30. The number of nitrogens with one attached hydrogen (secondary N) is 1. The molecule has 2 aromatic heterocycles. The molecule has 1 aromatic carbocycles. The number of hydrogen-bond donors (Lipinski definition) is 1. The third-order valence-corrected chi connectivity index (χ3v) is 5.05. The molecule has 1 aliphatic heterocycles. The van der Waals surface area contributed by atoms with Crippen molar-refractivity contribution < 1.29 is 4.79 Å². The summed E-state index contributed by atoms with van der Waals surface area (Å²) in [5.41, 5.74) is 0.643. The first kappa shape index (κ1) is 18.1. The summed E-state index contributed by atoms with van der Waals surface area (Å²) in [5, 5.41) is 8.22. The highest BCUT2D eigenvalue weighted by Gasteiger charge is 2.22. The van der Waals surface area contributed by atoms with E-state index in [-0.39, 0.29) is 11.5 Å². The van der Waals surface area contributed by atoms with Crippen molar-refractivity contribution in [3.05, 3.63) is 58.8 Å². The van der Waals surface area contributed by atoms with Crippen molar-refractivity contribution in [2.45, 2.75) is 19.3 Å². The van der Waals surface area contributed by atoms with Crippen molar-refractivity contribution in [1.29, 1.82) is 0 Å². The second-order valence-electron chi connectivity index (χ2n) is 6.82. The van der Waals surface area contributed by atoms with E-state index < -0.39 is 0 Å². The Hall–Kier alpha value is -3.29. The lowest BCUT2D eigenvalue weighted by Gasteiger charge is -2.34. The zero-order valence-corrected chi connectivity index (χ0v) is 15.5. The summed E-state index contributed by atoms with van der Waals surface area (Å²) in [6.45, 7) is 2.83. The highest BCUT2D eigenvalue weighted by atomic mass is 16.2. The number of piperazine rings is 1. The highest BCUT2D eigenvalue weighted by molar-refractivity contribution is 5.83. The molecular weight excluding hydrogens is 356 g/mol. The van der Waals surface area contributed by atoms with Gasteiger partial charge in [-0.3, -0.25) is 9.59 Å². The Morgan fingerprint density at radius 3 is 2.46 bits per heavy atom. The molecule has 0 atom stereocenters. The summed E-state index contributed by atoms with van der Waals surface area (Å²) in [4.78, 5) is 36.9. The maximum Gasteiger partial charge on any atom is 0.272 e. The molecular formula is C20H22N6O2. The lowest BCUT2D eigenvalue weighted by molar-refractivity contribution is -0.131. The van der Waals surface area contributed by atoms with Crippen molar-refractivity contribution in [2.75, 3.05) is 31.1 Å². The van der Waals surface area contributed by atoms with Crippen LogP contribution in [0.4, 0.5) is 5.95 Å². The van der Waals surface area contributed by atoms with Crippen LogP contribution in [-0.4, -0.2) is 57.2 Å². The third-order valence-electron chi connectivity index (χ3n) is 5.05. The molecule has 1 amide bonds. The Bertz CT molecular complexity index is 1010. The maximum atomic E-state index is 12.5. The second-order valence-corrected chi connectivity index (χ2v) is 6.82. The number of amides is 1. The number of H-pyrrole nitrogens is 1. The van der Waals surface area contributed by atoms with Gasteiger partial charge in [0.15, 0.2) is 0 Å². The minimum absolute atomic E-state index is 0.155. The summed E-state index contributed by atoms with van der Waals surface area (Å²) in [5.74, 6) is 0.869. The van der Waals surface area contributed by atoms with E-state index in [1.165, 1.54) is 0 Å². The molecule has 1 N–H and O–H groups in total. The molecule has 0 aliphatic carbocycles. The summed E-state index contributed by atoms with van der Waals surface area (Å²) in [7, 11) is 0. The average Bonchev–Trinajstić information content (AvgIpc) is 2.76. The lowest BCUT2D eigenvalue weighted by Crippen LogP contribution is -2.49. The van der Waals surface area contributed by atoms with E-state index in [4.69, 9.17) is 0 Å². The van der Waals surface area contributed by atoms with Gasteiger partial charge in [-0.15, -0.1) is 0 Å². The fourth-order valence-electron chi connectivity index (χ4n) is 3.54. The van der Waals surface area contributed by atoms with Crippen molar-refractivity contribution in [3.63, 3.8) is 0 Å². The van der Waals surface area contributed by atoms with Crippen LogP contribution in [0.3, 0.4) is 0 Å². The number of fused-ring (bicyclic) bond motifs is 1. The predicted molar refractivity (Wildman–Crippen MR) is 106 cm³/mol. The fraction of sp³-hybridized carbons (Fsp3) is 0.350. The minimum atomic E-state index is -0.185. The van der Waals surface area contributed by atoms with Gasteiger partial charge in [0.05, 0.1) is 11.1 Å². The number of rotatable bonds is 5. The first-order chi connectivity index (χ1) is 13.7. The van der Waals surface area contributed by atoms with Crippen LogP contribution in [0.25, 0.3) is 10.8 Å². The predicted octanol–water partition coefficient (Wildman–Crippen LogP) is 1.38. The van der Waals surface area contributed by atoms with Crippen molar-refractivity contribution in [2.24, 2.45) is 0 Å². The van der Waals surface area contributed by atoms with Crippen molar-refractivity contribution in [3.8, 4) is 0 Å².